The highest BCUT2D eigenvalue weighted by atomic mass is 16.5. The Balaban J connectivity index is 4.73. The van der Waals surface area contributed by atoms with Crippen LogP contribution in [0.2, 0.25) is 0 Å². The normalized spacial score (nSPS) is 14.0. The summed E-state index contributed by atoms with van der Waals surface area (Å²) in [4.78, 5) is 26.3. The van der Waals surface area contributed by atoms with E-state index in [-0.39, 0.29) is 24.9 Å². The predicted molar refractivity (Wildman–Crippen MR) is 305 cm³/mol. The van der Waals surface area contributed by atoms with E-state index in [0.29, 0.717) is 19.3 Å². The number of allylic oxidation sites excluding steroid dienone is 18. The molecule has 3 unspecified atom stereocenters. The SMILES string of the molecule is CCC/C=C/C=C/C=C/C=C/C=C/CCCCCCCC(=O)OC(CCC/C=C\C/C=C\C/C=C\C/C=C\CCCCC)CC(=O)NC(CO)C(O)CCCCCCCCCCCCCCCCCC. The van der Waals surface area contributed by atoms with Gasteiger partial charge in [-0.15, -0.1) is 0 Å². The summed E-state index contributed by atoms with van der Waals surface area (Å²) >= 11 is 0. The molecule has 0 bridgehead atoms. The molecule has 3 N–H and O–H groups in total. The number of nitrogens with one attached hydrogen (secondary N) is 1. The van der Waals surface area contributed by atoms with Gasteiger partial charge < -0.3 is 20.3 Å². The second-order valence-corrected chi connectivity index (χ2v) is 19.5. The number of carbonyl (C=O) groups is 2. The molecule has 1 amide bonds. The van der Waals surface area contributed by atoms with Crippen molar-refractivity contribution in [1.82, 2.24) is 5.32 Å². The van der Waals surface area contributed by atoms with Crippen LogP contribution in [0.4, 0.5) is 0 Å². The van der Waals surface area contributed by atoms with Crippen LogP contribution in [0.3, 0.4) is 0 Å². The summed E-state index contributed by atoms with van der Waals surface area (Å²) in [6.45, 7) is 6.36. The van der Waals surface area contributed by atoms with Gasteiger partial charge in [-0.05, 0) is 83.5 Å². The lowest BCUT2D eigenvalue weighted by atomic mass is 10.0. The van der Waals surface area contributed by atoms with Crippen molar-refractivity contribution in [1.29, 1.82) is 0 Å². The van der Waals surface area contributed by atoms with E-state index in [4.69, 9.17) is 4.74 Å². The molecule has 0 aliphatic carbocycles. The lowest BCUT2D eigenvalue weighted by Gasteiger charge is -2.24. The third-order valence-electron chi connectivity index (χ3n) is 12.7. The fraction of sp³-hybridized carbons (Fsp3) is 0.688. The summed E-state index contributed by atoms with van der Waals surface area (Å²) in [7, 11) is 0. The molecule has 0 aromatic heterocycles. The van der Waals surface area contributed by atoms with E-state index in [2.05, 4.69) is 111 Å². The van der Waals surface area contributed by atoms with Crippen LogP contribution in [-0.4, -0.2) is 46.9 Å². The Bertz CT molecular complexity index is 1420. The molecule has 0 rings (SSSR count). The molecule has 6 heteroatoms. The highest BCUT2D eigenvalue weighted by molar-refractivity contribution is 5.77. The van der Waals surface area contributed by atoms with Crippen molar-refractivity contribution in [2.75, 3.05) is 6.61 Å². The Hall–Kier alpha value is -3.48. The first kappa shape index (κ1) is 66.5. The van der Waals surface area contributed by atoms with Gasteiger partial charge in [0.15, 0.2) is 0 Å². The van der Waals surface area contributed by atoms with Crippen LogP contribution < -0.4 is 5.32 Å². The van der Waals surface area contributed by atoms with Gasteiger partial charge in [0.05, 0.1) is 25.2 Å². The van der Waals surface area contributed by atoms with Crippen LogP contribution in [0.5, 0.6) is 0 Å². The molecule has 0 spiro atoms. The lowest BCUT2D eigenvalue weighted by molar-refractivity contribution is -0.151. The molecule has 0 heterocycles. The molecule has 0 aliphatic heterocycles. The van der Waals surface area contributed by atoms with Gasteiger partial charge in [0, 0.05) is 6.42 Å². The van der Waals surface area contributed by atoms with E-state index in [9.17, 15) is 19.8 Å². The molecule has 0 aliphatic rings. The third kappa shape index (κ3) is 50.9. The number of unbranched alkanes of at least 4 members (excludes halogenated alkanes) is 25. The molecule has 0 fully saturated rings. The average molecular weight is 973 g/mol. The van der Waals surface area contributed by atoms with Gasteiger partial charge >= 0.3 is 5.97 Å². The maximum atomic E-state index is 13.3. The zero-order chi connectivity index (χ0) is 50.9. The average Bonchev–Trinajstić information content (AvgIpc) is 3.35. The number of aliphatic hydroxyl groups excluding tert-OH is 2. The van der Waals surface area contributed by atoms with Crippen LogP contribution >= 0.6 is 0 Å². The zero-order valence-electron chi connectivity index (χ0n) is 45.6. The van der Waals surface area contributed by atoms with Gasteiger partial charge in [0.25, 0.3) is 0 Å². The van der Waals surface area contributed by atoms with Crippen molar-refractivity contribution in [2.45, 2.75) is 277 Å². The van der Waals surface area contributed by atoms with E-state index in [1.54, 1.807) is 0 Å². The maximum absolute atomic E-state index is 13.3. The van der Waals surface area contributed by atoms with Gasteiger partial charge in [-0.2, -0.15) is 0 Å². The summed E-state index contributed by atoms with van der Waals surface area (Å²) in [5, 5.41) is 23.9. The number of hydrogen-bond acceptors (Lipinski definition) is 5. The van der Waals surface area contributed by atoms with Gasteiger partial charge in [-0.3, -0.25) is 9.59 Å². The minimum Gasteiger partial charge on any atom is -0.462 e. The molecule has 0 saturated carbocycles. The molecule has 6 nitrogen and oxygen atoms in total. The van der Waals surface area contributed by atoms with Crippen LogP contribution in [0.1, 0.15) is 258 Å². The van der Waals surface area contributed by atoms with E-state index >= 15 is 0 Å². The fourth-order valence-corrected chi connectivity index (χ4v) is 8.27. The van der Waals surface area contributed by atoms with Crippen LogP contribution in [0, 0.1) is 0 Å². The van der Waals surface area contributed by atoms with Crippen LogP contribution in [0.15, 0.2) is 109 Å². The number of amides is 1. The number of ether oxygens (including phenoxy) is 1. The maximum Gasteiger partial charge on any atom is 0.306 e. The second-order valence-electron chi connectivity index (χ2n) is 19.5. The van der Waals surface area contributed by atoms with Crippen molar-refractivity contribution in [3.05, 3.63) is 109 Å². The van der Waals surface area contributed by atoms with Crippen molar-refractivity contribution in [3.63, 3.8) is 0 Å². The second kappa shape index (κ2) is 56.4. The van der Waals surface area contributed by atoms with Gasteiger partial charge in [-0.1, -0.05) is 271 Å². The summed E-state index contributed by atoms with van der Waals surface area (Å²) in [5.74, 6) is -0.561. The quantitative estimate of drug-likeness (QED) is 0.0244. The molecule has 0 aromatic rings. The first-order chi connectivity index (χ1) is 34.5. The monoisotopic (exact) mass is 972 g/mol. The summed E-state index contributed by atoms with van der Waals surface area (Å²) in [6.07, 6.45) is 77.2. The molecule has 0 saturated heterocycles. The first-order valence-corrected chi connectivity index (χ1v) is 29.2. The number of carbonyl (C=O) groups excluding carboxylic acids is 2. The molecule has 3 atom stereocenters. The highest BCUT2D eigenvalue weighted by Gasteiger charge is 2.24. The Morgan fingerprint density at radius 1 is 0.429 bits per heavy atom. The Kier molecular flexibility index (Phi) is 53.6. The summed E-state index contributed by atoms with van der Waals surface area (Å²) in [5.41, 5.74) is 0. The zero-order valence-corrected chi connectivity index (χ0v) is 45.6. The predicted octanol–water partition coefficient (Wildman–Crippen LogP) is 18.2. The minimum atomic E-state index is -0.815. The third-order valence-corrected chi connectivity index (χ3v) is 12.7. The Morgan fingerprint density at radius 2 is 0.829 bits per heavy atom. The van der Waals surface area contributed by atoms with E-state index in [1.807, 2.05) is 24.3 Å². The van der Waals surface area contributed by atoms with Crippen molar-refractivity contribution in [2.24, 2.45) is 0 Å². The standard InChI is InChI=1S/C64H109NO5/c1-4-7-10-13-16-19-22-25-28-31-33-36-39-42-45-48-51-54-57-64(69)70-60(55-52-49-46-43-40-37-34-32-29-26-23-20-17-14-11-8-5-2)58-63(68)65-61(59-66)62(67)56-53-50-47-44-41-38-35-30-27-24-21-18-15-12-9-6-3/h10,13,16-17,19-20,22,25-26,28-29,31,33-34,36-37,43,46,60-62,66-67H,4-9,11-12,14-15,18,21,23-24,27,30,32,35,38-42,44-45,47-59H2,1-3H3,(H,65,68)/b13-10+,19-16+,20-17-,25-22+,29-26-,31-28+,36-33+,37-34-,46-43-. The molecular weight excluding hydrogens is 863 g/mol. The number of esters is 1. The fourth-order valence-electron chi connectivity index (χ4n) is 8.27. The molecule has 70 heavy (non-hydrogen) atoms. The molecule has 0 radical (unpaired) electrons. The first-order valence-electron chi connectivity index (χ1n) is 29.2. The van der Waals surface area contributed by atoms with E-state index < -0.39 is 18.2 Å². The smallest absolute Gasteiger partial charge is 0.306 e. The van der Waals surface area contributed by atoms with E-state index in [1.165, 1.54) is 116 Å². The number of hydrogen-bond donors (Lipinski definition) is 3. The van der Waals surface area contributed by atoms with Crippen molar-refractivity contribution in [3.8, 4) is 0 Å². The molecule has 0 aromatic carbocycles. The minimum absolute atomic E-state index is 0.0232. The van der Waals surface area contributed by atoms with Crippen molar-refractivity contribution < 1.29 is 24.5 Å². The van der Waals surface area contributed by atoms with E-state index in [0.717, 1.165) is 96.3 Å². The van der Waals surface area contributed by atoms with Crippen LogP contribution in [0.25, 0.3) is 0 Å². The highest BCUT2D eigenvalue weighted by Crippen LogP contribution is 2.17. The number of aliphatic hydroxyl groups is 2. The van der Waals surface area contributed by atoms with Crippen LogP contribution in [-0.2, 0) is 14.3 Å². The Morgan fingerprint density at radius 3 is 1.34 bits per heavy atom. The summed E-state index contributed by atoms with van der Waals surface area (Å²) < 4.78 is 5.92. The van der Waals surface area contributed by atoms with Gasteiger partial charge in [0.2, 0.25) is 5.91 Å². The lowest BCUT2D eigenvalue weighted by Crippen LogP contribution is -2.46. The largest absolute Gasteiger partial charge is 0.462 e. The summed E-state index contributed by atoms with van der Waals surface area (Å²) in [6, 6.07) is -0.733. The van der Waals surface area contributed by atoms with Gasteiger partial charge in [-0.25, -0.2) is 0 Å². The van der Waals surface area contributed by atoms with Crippen molar-refractivity contribution >= 4 is 11.9 Å². The topological polar surface area (TPSA) is 95.9 Å². The number of rotatable bonds is 51. The molecular formula is C64H109NO5. The molecule has 400 valence electrons. The van der Waals surface area contributed by atoms with Gasteiger partial charge in [0.1, 0.15) is 6.10 Å². The Labute approximate surface area is 432 Å².